The molecule has 0 fully saturated rings. The second-order valence-corrected chi connectivity index (χ2v) is 7.27. The van der Waals surface area contributed by atoms with Gasteiger partial charge in [-0.05, 0) is 60.5 Å². The molecule has 3 aromatic rings. The zero-order valence-corrected chi connectivity index (χ0v) is 16.7. The molecule has 0 aromatic heterocycles. The second-order valence-electron chi connectivity index (χ2n) is 6.84. The molecule has 1 aliphatic rings. The van der Waals surface area contributed by atoms with Crippen molar-refractivity contribution in [2.75, 3.05) is 0 Å². The van der Waals surface area contributed by atoms with Gasteiger partial charge in [0.25, 0.3) is 0 Å². The summed E-state index contributed by atoms with van der Waals surface area (Å²) in [5.74, 6) is -0.426. The minimum atomic E-state index is -0.444. The lowest BCUT2D eigenvalue weighted by molar-refractivity contribution is -0.133. The predicted molar refractivity (Wildman–Crippen MR) is 111 cm³/mol. The third kappa shape index (κ3) is 4.11. The quantitative estimate of drug-likeness (QED) is 0.314. The third-order valence-electron chi connectivity index (χ3n) is 4.67. The molecule has 4 rings (SSSR count). The summed E-state index contributed by atoms with van der Waals surface area (Å²) < 4.78 is 24.6. The Hall–Kier alpha value is -3.44. The van der Waals surface area contributed by atoms with E-state index >= 15 is 0 Å². The van der Waals surface area contributed by atoms with Crippen LogP contribution in [0.2, 0.25) is 5.02 Å². The Balaban J connectivity index is 1.54. The van der Waals surface area contributed by atoms with Gasteiger partial charge < -0.3 is 9.47 Å². The highest BCUT2D eigenvalue weighted by Gasteiger charge is 2.30. The van der Waals surface area contributed by atoms with Crippen molar-refractivity contribution in [3.8, 4) is 11.5 Å². The van der Waals surface area contributed by atoms with Crippen LogP contribution >= 0.6 is 11.6 Å². The number of fused-ring (bicyclic) bond motifs is 1. The summed E-state index contributed by atoms with van der Waals surface area (Å²) >= 11 is 5.85. The minimum Gasteiger partial charge on any atom is -0.452 e. The average molecular weight is 423 g/mol. The van der Waals surface area contributed by atoms with Crippen molar-refractivity contribution in [1.29, 1.82) is 0 Å². The van der Waals surface area contributed by atoms with E-state index in [0.717, 1.165) is 5.56 Å². The maximum atomic E-state index is 13.4. The number of carbonyl (C=O) groups excluding carboxylic acids is 2. The standard InChI is InChI=1S/C24H16ClFO4/c1-14-20(29-22(27)13-15-5-7-17(25)8-6-15)10-9-19-23(28)21(30-24(14)19)12-16-3-2-4-18(26)11-16/h2-12H,13H2,1H3/b21-12-. The largest absolute Gasteiger partial charge is 0.452 e. The Labute approximate surface area is 177 Å². The molecule has 1 aliphatic heterocycles. The third-order valence-corrected chi connectivity index (χ3v) is 4.92. The summed E-state index contributed by atoms with van der Waals surface area (Å²) in [5.41, 5.74) is 2.19. The molecule has 1 heterocycles. The van der Waals surface area contributed by atoms with Gasteiger partial charge in [0.05, 0.1) is 12.0 Å². The first kappa shape index (κ1) is 19.9. The molecule has 0 spiro atoms. The van der Waals surface area contributed by atoms with Crippen molar-refractivity contribution < 1.29 is 23.5 Å². The van der Waals surface area contributed by atoms with Gasteiger partial charge in [-0.25, -0.2) is 4.39 Å². The topological polar surface area (TPSA) is 52.6 Å². The van der Waals surface area contributed by atoms with Crippen LogP contribution in [0.15, 0.2) is 66.4 Å². The molecule has 0 amide bonds. The molecule has 0 bridgehead atoms. The Morgan fingerprint density at radius 1 is 1.13 bits per heavy atom. The van der Waals surface area contributed by atoms with Crippen molar-refractivity contribution in [2.45, 2.75) is 13.3 Å². The SMILES string of the molecule is Cc1c(OC(=O)Cc2ccc(Cl)cc2)ccc2c1O/C(=C\c1cccc(F)c1)C2=O. The van der Waals surface area contributed by atoms with Gasteiger partial charge in [-0.15, -0.1) is 0 Å². The van der Waals surface area contributed by atoms with Gasteiger partial charge in [0, 0.05) is 10.6 Å². The fraction of sp³-hybridized carbons (Fsp3) is 0.0833. The monoisotopic (exact) mass is 422 g/mol. The number of allylic oxidation sites excluding steroid dienone is 1. The second kappa shape index (κ2) is 8.13. The van der Waals surface area contributed by atoms with Crippen LogP contribution in [-0.2, 0) is 11.2 Å². The molecule has 6 heteroatoms. The lowest BCUT2D eigenvalue weighted by Crippen LogP contribution is -2.12. The van der Waals surface area contributed by atoms with Gasteiger partial charge in [-0.1, -0.05) is 35.9 Å². The first-order chi connectivity index (χ1) is 14.4. The predicted octanol–water partition coefficient (Wildman–Crippen LogP) is 5.55. The van der Waals surface area contributed by atoms with Crippen LogP contribution in [0.25, 0.3) is 6.08 Å². The minimum absolute atomic E-state index is 0.0816. The van der Waals surface area contributed by atoms with Gasteiger partial charge in [-0.2, -0.15) is 0 Å². The number of hydrogen-bond acceptors (Lipinski definition) is 4. The summed E-state index contributed by atoms with van der Waals surface area (Å²) in [6.07, 6.45) is 1.56. The normalized spacial score (nSPS) is 13.8. The molecule has 0 aliphatic carbocycles. The Morgan fingerprint density at radius 2 is 1.90 bits per heavy atom. The molecule has 0 N–H and O–H groups in total. The van der Waals surface area contributed by atoms with Gasteiger partial charge in [0.2, 0.25) is 5.78 Å². The summed E-state index contributed by atoms with van der Waals surface area (Å²) in [6.45, 7) is 1.71. The smallest absolute Gasteiger partial charge is 0.315 e. The number of Topliss-reactive ketones (excluding diaryl/α,β-unsaturated/α-hetero) is 1. The number of carbonyl (C=O) groups is 2. The zero-order valence-electron chi connectivity index (χ0n) is 15.9. The Kier molecular flexibility index (Phi) is 5.38. The fourth-order valence-electron chi connectivity index (χ4n) is 3.15. The van der Waals surface area contributed by atoms with Crippen molar-refractivity contribution in [2.24, 2.45) is 0 Å². The average Bonchev–Trinajstić information content (AvgIpc) is 3.02. The van der Waals surface area contributed by atoms with Crippen LogP contribution in [0.1, 0.15) is 27.0 Å². The van der Waals surface area contributed by atoms with Gasteiger partial charge >= 0.3 is 5.97 Å². The number of hydrogen-bond donors (Lipinski definition) is 0. The van der Waals surface area contributed by atoms with Crippen molar-refractivity contribution >= 4 is 29.4 Å². The van der Waals surface area contributed by atoms with E-state index in [1.165, 1.54) is 18.2 Å². The molecular weight excluding hydrogens is 407 g/mol. The van der Waals surface area contributed by atoms with Crippen LogP contribution in [0, 0.1) is 12.7 Å². The van der Waals surface area contributed by atoms with Crippen LogP contribution in [0.4, 0.5) is 4.39 Å². The highest BCUT2D eigenvalue weighted by Crippen LogP contribution is 2.39. The van der Waals surface area contributed by atoms with Crippen LogP contribution in [0.5, 0.6) is 11.5 Å². The van der Waals surface area contributed by atoms with Crippen LogP contribution in [-0.4, -0.2) is 11.8 Å². The first-order valence-electron chi connectivity index (χ1n) is 9.19. The molecule has 0 saturated carbocycles. The van der Waals surface area contributed by atoms with E-state index < -0.39 is 11.8 Å². The Bertz CT molecular complexity index is 1180. The summed E-state index contributed by atoms with van der Waals surface area (Å²) in [4.78, 5) is 24.9. The lowest BCUT2D eigenvalue weighted by Gasteiger charge is -2.10. The van der Waals surface area contributed by atoms with E-state index in [1.807, 2.05) is 0 Å². The van der Waals surface area contributed by atoms with E-state index in [0.29, 0.717) is 33.2 Å². The Morgan fingerprint density at radius 3 is 2.63 bits per heavy atom. The fourth-order valence-corrected chi connectivity index (χ4v) is 3.28. The van der Waals surface area contributed by atoms with E-state index in [9.17, 15) is 14.0 Å². The van der Waals surface area contributed by atoms with E-state index in [4.69, 9.17) is 21.1 Å². The highest BCUT2D eigenvalue weighted by atomic mass is 35.5. The van der Waals surface area contributed by atoms with Crippen molar-refractivity contribution in [3.63, 3.8) is 0 Å². The number of esters is 1. The molecule has 0 radical (unpaired) electrons. The lowest BCUT2D eigenvalue weighted by atomic mass is 10.1. The van der Waals surface area contributed by atoms with E-state index in [1.54, 1.807) is 55.5 Å². The summed E-state index contributed by atoms with van der Waals surface area (Å²) in [6, 6.07) is 15.9. The van der Waals surface area contributed by atoms with Crippen molar-refractivity contribution in [1.82, 2.24) is 0 Å². The number of ketones is 1. The zero-order chi connectivity index (χ0) is 21.3. The van der Waals surface area contributed by atoms with Gasteiger partial charge in [0.1, 0.15) is 17.3 Å². The molecular formula is C24H16ClFO4. The maximum absolute atomic E-state index is 13.4. The molecule has 4 nitrogen and oxygen atoms in total. The molecule has 3 aromatic carbocycles. The molecule has 150 valence electrons. The van der Waals surface area contributed by atoms with E-state index in [-0.39, 0.29) is 18.0 Å². The summed E-state index contributed by atoms with van der Waals surface area (Å²) in [5, 5.41) is 0.588. The van der Waals surface area contributed by atoms with Crippen LogP contribution in [0.3, 0.4) is 0 Å². The number of rotatable bonds is 4. The molecule has 30 heavy (non-hydrogen) atoms. The first-order valence-corrected chi connectivity index (χ1v) is 9.57. The number of halogens is 2. The number of ether oxygens (including phenoxy) is 2. The molecule has 0 unspecified atom stereocenters. The van der Waals surface area contributed by atoms with E-state index in [2.05, 4.69) is 0 Å². The maximum Gasteiger partial charge on any atom is 0.315 e. The summed E-state index contributed by atoms with van der Waals surface area (Å²) in [7, 11) is 0. The number of benzene rings is 3. The van der Waals surface area contributed by atoms with Crippen LogP contribution < -0.4 is 9.47 Å². The molecule has 0 saturated heterocycles. The highest BCUT2D eigenvalue weighted by molar-refractivity contribution is 6.30. The van der Waals surface area contributed by atoms with Crippen molar-refractivity contribution in [3.05, 3.63) is 99.5 Å². The van der Waals surface area contributed by atoms with Gasteiger partial charge in [-0.3, -0.25) is 9.59 Å². The molecule has 0 atom stereocenters. The van der Waals surface area contributed by atoms with Gasteiger partial charge in [0.15, 0.2) is 5.76 Å².